The van der Waals surface area contributed by atoms with Crippen LogP contribution in [0.15, 0.2) is 52.0 Å². The van der Waals surface area contributed by atoms with Crippen LogP contribution in [-0.2, 0) is 17.9 Å². The number of aromatic nitrogens is 2. The number of nitrogens with one attached hydrogen (secondary N) is 1. The molecule has 0 unspecified atom stereocenters. The molecule has 0 saturated carbocycles. The van der Waals surface area contributed by atoms with Crippen molar-refractivity contribution >= 4 is 44.5 Å². The molecule has 0 radical (unpaired) electrons. The predicted molar refractivity (Wildman–Crippen MR) is 141 cm³/mol. The average Bonchev–Trinajstić information content (AvgIpc) is 3.49. The van der Waals surface area contributed by atoms with Crippen molar-refractivity contribution in [2.45, 2.75) is 39.8 Å². The number of fused-ring (bicyclic) bond motifs is 1. The van der Waals surface area contributed by atoms with Crippen LogP contribution < -0.4 is 10.9 Å². The fourth-order valence-corrected chi connectivity index (χ4v) is 6.20. The SMILES string of the molecule is Cc1ccccc1NC(=O)Cn1c(CN2CCC(C)CC2)nc2scc(-c3cccs3)c2c1=O. The van der Waals surface area contributed by atoms with Crippen molar-refractivity contribution < 1.29 is 4.79 Å². The first-order valence-corrected chi connectivity index (χ1v) is 13.4. The van der Waals surface area contributed by atoms with Crippen molar-refractivity contribution in [3.8, 4) is 10.4 Å². The van der Waals surface area contributed by atoms with E-state index in [2.05, 4.69) is 17.1 Å². The van der Waals surface area contributed by atoms with E-state index in [1.165, 1.54) is 11.3 Å². The van der Waals surface area contributed by atoms with E-state index in [4.69, 9.17) is 4.98 Å². The Kier molecular flexibility index (Phi) is 6.63. The van der Waals surface area contributed by atoms with Crippen LogP contribution in [0.4, 0.5) is 5.69 Å². The molecule has 0 bridgehead atoms. The molecule has 4 heterocycles. The first-order valence-electron chi connectivity index (χ1n) is 11.6. The zero-order valence-electron chi connectivity index (χ0n) is 19.4. The normalized spacial score (nSPS) is 15.1. The van der Waals surface area contributed by atoms with Gasteiger partial charge in [0.1, 0.15) is 17.2 Å². The number of amides is 1. The van der Waals surface area contributed by atoms with Crippen molar-refractivity contribution in [2.75, 3.05) is 18.4 Å². The Balaban J connectivity index is 1.52. The molecule has 3 aromatic heterocycles. The molecular formula is C26H28N4O2S2. The molecule has 0 spiro atoms. The fourth-order valence-electron chi connectivity index (χ4n) is 4.43. The number of nitrogens with zero attached hydrogens (tertiary/aromatic N) is 3. The topological polar surface area (TPSA) is 67.2 Å². The molecule has 176 valence electrons. The lowest BCUT2D eigenvalue weighted by molar-refractivity contribution is -0.116. The van der Waals surface area contributed by atoms with Crippen LogP contribution in [0.25, 0.3) is 20.7 Å². The summed E-state index contributed by atoms with van der Waals surface area (Å²) in [5, 5.41) is 7.59. The minimum atomic E-state index is -0.223. The maximum atomic E-state index is 13.8. The standard InChI is InChI=1S/C26H28N4O2S2/c1-17-9-11-29(12-10-17)14-22-28-25-24(19(16-34-25)21-8-5-13-33-21)26(32)30(22)15-23(31)27-20-7-4-3-6-18(20)2/h3-8,13,16-17H,9-12,14-15H2,1-2H3,(H,27,31). The molecule has 0 atom stereocenters. The van der Waals surface area contributed by atoms with Gasteiger partial charge in [0.05, 0.1) is 11.9 Å². The number of anilines is 1. The summed E-state index contributed by atoms with van der Waals surface area (Å²) < 4.78 is 1.58. The van der Waals surface area contributed by atoms with Crippen molar-refractivity contribution in [3.63, 3.8) is 0 Å². The van der Waals surface area contributed by atoms with Gasteiger partial charge in [-0.3, -0.25) is 19.1 Å². The molecule has 0 aliphatic carbocycles. The second kappa shape index (κ2) is 9.82. The number of piperidine rings is 1. The zero-order valence-corrected chi connectivity index (χ0v) is 21.0. The molecule has 4 aromatic rings. The van der Waals surface area contributed by atoms with Crippen LogP contribution in [-0.4, -0.2) is 33.4 Å². The summed E-state index contributed by atoms with van der Waals surface area (Å²) in [4.78, 5) is 35.9. The summed E-state index contributed by atoms with van der Waals surface area (Å²) in [6.45, 7) is 6.71. The summed E-state index contributed by atoms with van der Waals surface area (Å²) >= 11 is 3.10. The van der Waals surface area contributed by atoms with Gasteiger partial charge in [-0.1, -0.05) is 31.2 Å². The van der Waals surface area contributed by atoms with Crippen molar-refractivity contribution in [1.82, 2.24) is 14.5 Å². The van der Waals surface area contributed by atoms with Gasteiger partial charge < -0.3 is 5.32 Å². The molecule has 1 N–H and O–H groups in total. The molecule has 34 heavy (non-hydrogen) atoms. The second-order valence-corrected chi connectivity index (χ2v) is 10.9. The maximum Gasteiger partial charge on any atom is 0.263 e. The molecule has 1 aliphatic heterocycles. The highest BCUT2D eigenvalue weighted by molar-refractivity contribution is 7.18. The average molecular weight is 493 g/mol. The third-order valence-corrected chi connectivity index (χ3v) is 8.30. The third-order valence-electron chi connectivity index (χ3n) is 6.52. The van der Waals surface area contributed by atoms with Gasteiger partial charge in [-0.15, -0.1) is 22.7 Å². The Labute approximate surface area is 206 Å². The Morgan fingerprint density at radius 3 is 2.68 bits per heavy atom. The summed E-state index contributed by atoms with van der Waals surface area (Å²) in [7, 11) is 0. The van der Waals surface area contributed by atoms with Crippen LogP contribution >= 0.6 is 22.7 Å². The lowest BCUT2D eigenvalue weighted by Crippen LogP contribution is -2.37. The van der Waals surface area contributed by atoms with Crippen molar-refractivity contribution in [2.24, 2.45) is 5.92 Å². The number of rotatable bonds is 6. The summed E-state index contributed by atoms with van der Waals surface area (Å²) in [6.07, 6.45) is 2.28. The summed E-state index contributed by atoms with van der Waals surface area (Å²) in [6, 6.07) is 11.7. The number of likely N-dealkylation sites (tertiary alicyclic amines) is 1. The van der Waals surface area contributed by atoms with Gasteiger partial charge in [-0.2, -0.15) is 0 Å². The third kappa shape index (κ3) is 4.71. The molecular weight excluding hydrogens is 464 g/mol. The fraction of sp³-hybridized carbons (Fsp3) is 0.346. The molecule has 8 heteroatoms. The van der Waals surface area contributed by atoms with Crippen molar-refractivity contribution in [1.29, 1.82) is 0 Å². The van der Waals surface area contributed by atoms with Gasteiger partial charge >= 0.3 is 0 Å². The van der Waals surface area contributed by atoms with E-state index in [1.807, 2.05) is 54.1 Å². The number of thiophene rings is 2. The van der Waals surface area contributed by atoms with Crippen LogP contribution in [0.1, 0.15) is 31.2 Å². The molecule has 1 aromatic carbocycles. The van der Waals surface area contributed by atoms with Crippen molar-refractivity contribution in [3.05, 3.63) is 68.9 Å². The highest BCUT2D eigenvalue weighted by atomic mass is 32.1. The Hall–Kier alpha value is -2.81. The Morgan fingerprint density at radius 2 is 1.94 bits per heavy atom. The van der Waals surface area contributed by atoms with E-state index < -0.39 is 0 Å². The number of carbonyl (C=O) groups excluding carboxylic acids is 1. The number of hydrogen-bond acceptors (Lipinski definition) is 6. The predicted octanol–water partition coefficient (Wildman–Crippen LogP) is 5.37. The van der Waals surface area contributed by atoms with E-state index in [1.54, 1.807) is 15.9 Å². The smallest absolute Gasteiger partial charge is 0.263 e. The number of hydrogen-bond donors (Lipinski definition) is 1. The van der Waals surface area contributed by atoms with Gasteiger partial charge in [0.25, 0.3) is 5.56 Å². The van der Waals surface area contributed by atoms with Gasteiger partial charge in [-0.05, 0) is 61.8 Å². The van der Waals surface area contributed by atoms with Crippen LogP contribution in [0, 0.1) is 12.8 Å². The molecule has 1 amide bonds. The number of carbonyl (C=O) groups is 1. The lowest BCUT2D eigenvalue weighted by Gasteiger charge is -2.30. The minimum Gasteiger partial charge on any atom is -0.324 e. The van der Waals surface area contributed by atoms with Crippen LogP contribution in [0.5, 0.6) is 0 Å². The minimum absolute atomic E-state index is 0.0601. The molecule has 1 aliphatic rings. The molecule has 1 saturated heterocycles. The highest BCUT2D eigenvalue weighted by Crippen LogP contribution is 2.34. The quantitative estimate of drug-likeness (QED) is 0.393. The zero-order chi connectivity index (χ0) is 23.7. The number of aryl methyl sites for hydroxylation is 1. The van der Waals surface area contributed by atoms with E-state index >= 15 is 0 Å². The van der Waals surface area contributed by atoms with Crippen LogP contribution in [0.2, 0.25) is 0 Å². The molecule has 1 fully saturated rings. The van der Waals surface area contributed by atoms with E-state index in [9.17, 15) is 9.59 Å². The molecule has 6 nitrogen and oxygen atoms in total. The van der Waals surface area contributed by atoms with Crippen LogP contribution in [0.3, 0.4) is 0 Å². The van der Waals surface area contributed by atoms with E-state index in [-0.39, 0.29) is 18.0 Å². The van der Waals surface area contributed by atoms with E-state index in [0.717, 1.165) is 58.4 Å². The first kappa shape index (κ1) is 23.0. The Morgan fingerprint density at radius 1 is 1.15 bits per heavy atom. The van der Waals surface area contributed by atoms with Gasteiger partial charge in [0, 0.05) is 21.5 Å². The highest BCUT2D eigenvalue weighted by Gasteiger charge is 2.22. The Bertz CT molecular complexity index is 1370. The number of para-hydroxylation sites is 1. The summed E-state index contributed by atoms with van der Waals surface area (Å²) in [5.41, 5.74) is 2.50. The first-order chi connectivity index (χ1) is 16.5. The number of benzene rings is 1. The van der Waals surface area contributed by atoms with E-state index in [0.29, 0.717) is 17.8 Å². The van der Waals surface area contributed by atoms with Gasteiger partial charge in [0.15, 0.2) is 0 Å². The summed E-state index contributed by atoms with van der Waals surface area (Å²) in [5.74, 6) is 1.16. The maximum absolute atomic E-state index is 13.8. The largest absolute Gasteiger partial charge is 0.324 e. The molecule has 5 rings (SSSR count). The van der Waals surface area contributed by atoms with Gasteiger partial charge in [-0.25, -0.2) is 4.98 Å². The second-order valence-electron chi connectivity index (χ2n) is 9.05. The monoisotopic (exact) mass is 492 g/mol. The lowest BCUT2D eigenvalue weighted by atomic mass is 9.99. The van der Waals surface area contributed by atoms with Gasteiger partial charge in [0.2, 0.25) is 5.91 Å².